The number of hydrogen-bond acceptors (Lipinski definition) is 1. The zero-order valence-corrected chi connectivity index (χ0v) is 4.28. The summed E-state index contributed by atoms with van der Waals surface area (Å²) in [5.41, 5.74) is 0. The Morgan fingerprint density at radius 1 is 1.33 bits per heavy atom. The van der Waals surface area contributed by atoms with Gasteiger partial charge in [-0.05, 0) is 0 Å². The van der Waals surface area contributed by atoms with Gasteiger partial charge in [0.25, 0.3) is 0 Å². The molecule has 0 aliphatic carbocycles. The van der Waals surface area contributed by atoms with E-state index in [-0.39, 0.29) is 0 Å². The van der Waals surface area contributed by atoms with Gasteiger partial charge in [-0.15, -0.1) is 0 Å². The normalized spacial score (nSPS) is 34.7. The molecule has 0 radical (unpaired) electrons. The first-order chi connectivity index (χ1) is 3.99. The standard InChI is InChI=1S/C4H4F4O/c5-3-2(9-3)1-4(6,7)8/h2-3H,1H2. The highest BCUT2D eigenvalue weighted by atomic mass is 19.4. The summed E-state index contributed by atoms with van der Waals surface area (Å²) in [4.78, 5) is 0. The van der Waals surface area contributed by atoms with Gasteiger partial charge in [-0.3, -0.25) is 0 Å². The molecule has 1 heterocycles. The molecule has 1 saturated heterocycles. The predicted molar refractivity (Wildman–Crippen MR) is 20.4 cm³/mol. The molecule has 0 spiro atoms. The Morgan fingerprint density at radius 3 is 1.89 bits per heavy atom. The lowest BCUT2D eigenvalue weighted by Gasteiger charge is -2.00. The number of hydrogen-bond donors (Lipinski definition) is 0. The van der Waals surface area contributed by atoms with Crippen LogP contribution >= 0.6 is 0 Å². The van der Waals surface area contributed by atoms with E-state index in [0.717, 1.165) is 0 Å². The van der Waals surface area contributed by atoms with E-state index in [1.54, 1.807) is 0 Å². The molecule has 1 nitrogen and oxygen atoms in total. The molecule has 0 amide bonds. The first kappa shape index (κ1) is 6.80. The van der Waals surface area contributed by atoms with Crippen LogP contribution in [0.4, 0.5) is 17.6 Å². The first-order valence-electron chi connectivity index (χ1n) is 2.35. The minimum Gasteiger partial charge on any atom is -0.337 e. The Kier molecular flexibility index (Phi) is 1.38. The van der Waals surface area contributed by atoms with Gasteiger partial charge in [-0.1, -0.05) is 0 Å². The van der Waals surface area contributed by atoms with Crippen molar-refractivity contribution in [1.82, 2.24) is 0 Å². The second-order valence-electron chi connectivity index (χ2n) is 1.84. The molecule has 5 heteroatoms. The minimum atomic E-state index is -4.30. The Hall–Kier alpha value is -0.320. The summed E-state index contributed by atoms with van der Waals surface area (Å²) >= 11 is 0. The van der Waals surface area contributed by atoms with Gasteiger partial charge >= 0.3 is 6.18 Å². The second kappa shape index (κ2) is 1.83. The lowest BCUT2D eigenvalue weighted by atomic mass is 10.3. The third-order valence-corrected chi connectivity index (χ3v) is 0.953. The molecular weight excluding hydrogens is 140 g/mol. The smallest absolute Gasteiger partial charge is 0.337 e. The van der Waals surface area contributed by atoms with E-state index in [9.17, 15) is 17.6 Å². The van der Waals surface area contributed by atoms with Crippen LogP contribution in [0, 0.1) is 0 Å². The van der Waals surface area contributed by atoms with Gasteiger partial charge in [0.05, 0.1) is 6.42 Å². The Bertz CT molecular complexity index is 110. The van der Waals surface area contributed by atoms with E-state index in [1.807, 2.05) is 0 Å². The zero-order chi connectivity index (χ0) is 7.07. The first-order valence-corrected chi connectivity index (χ1v) is 2.35. The molecule has 0 aromatic carbocycles. The van der Waals surface area contributed by atoms with Crippen LogP contribution in [0.3, 0.4) is 0 Å². The number of ether oxygens (including phenoxy) is 1. The molecule has 1 aliphatic heterocycles. The topological polar surface area (TPSA) is 12.5 Å². The summed E-state index contributed by atoms with van der Waals surface area (Å²) < 4.78 is 49.3. The fourth-order valence-corrected chi connectivity index (χ4v) is 0.491. The largest absolute Gasteiger partial charge is 0.391 e. The van der Waals surface area contributed by atoms with E-state index in [4.69, 9.17) is 0 Å². The monoisotopic (exact) mass is 144 g/mol. The van der Waals surface area contributed by atoms with Crippen molar-refractivity contribution in [1.29, 1.82) is 0 Å². The highest BCUT2D eigenvalue weighted by Gasteiger charge is 2.47. The lowest BCUT2D eigenvalue weighted by Crippen LogP contribution is -2.11. The number of rotatable bonds is 1. The minimum absolute atomic E-state index is 1.17. The summed E-state index contributed by atoms with van der Waals surface area (Å²) in [7, 11) is 0. The zero-order valence-electron chi connectivity index (χ0n) is 4.28. The molecule has 0 aromatic heterocycles. The maximum atomic E-state index is 11.6. The summed E-state index contributed by atoms with van der Waals surface area (Å²) in [6.07, 6.45) is -8.39. The van der Waals surface area contributed by atoms with Gasteiger partial charge in [-0.25, -0.2) is 4.39 Å². The molecule has 0 saturated carbocycles. The maximum Gasteiger partial charge on any atom is 0.391 e. The van der Waals surface area contributed by atoms with Crippen molar-refractivity contribution in [2.45, 2.75) is 25.1 Å². The van der Waals surface area contributed by atoms with Crippen LogP contribution in [-0.4, -0.2) is 18.6 Å². The van der Waals surface area contributed by atoms with Gasteiger partial charge in [0, 0.05) is 0 Å². The molecule has 0 N–H and O–H groups in total. The second-order valence-corrected chi connectivity index (χ2v) is 1.84. The number of halogens is 4. The quantitative estimate of drug-likeness (QED) is 0.402. The molecule has 0 aromatic rings. The summed E-state index contributed by atoms with van der Waals surface area (Å²) in [5.74, 6) is 0. The van der Waals surface area contributed by atoms with E-state index in [2.05, 4.69) is 4.74 Å². The van der Waals surface area contributed by atoms with Crippen LogP contribution < -0.4 is 0 Å². The maximum absolute atomic E-state index is 11.6. The van der Waals surface area contributed by atoms with Gasteiger partial charge in [0.1, 0.15) is 6.10 Å². The third kappa shape index (κ3) is 2.17. The van der Waals surface area contributed by atoms with Crippen LogP contribution in [0.5, 0.6) is 0 Å². The molecule has 1 fully saturated rings. The van der Waals surface area contributed by atoms with Crippen LogP contribution in [0.15, 0.2) is 0 Å². The Morgan fingerprint density at radius 2 is 1.78 bits per heavy atom. The molecule has 9 heavy (non-hydrogen) atoms. The lowest BCUT2D eigenvalue weighted by molar-refractivity contribution is -0.137. The van der Waals surface area contributed by atoms with Gasteiger partial charge in [-0.2, -0.15) is 13.2 Å². The molecular formula is C4H4F4O. The van der Waals surface area contributed by atoms with Gasteiger partial charge < -0.3 is 4.74 Å². The van der Waals surface area contributed by atoms with Gasteiger partial charge in [0.2, 0.25) is 6.36 Å². The molecule has 2 atom stereocenters. The van der Waals surface area contributed by atoms with Gasteiger partial charge in [0.15, 0.2) is 0 Å². The SMILES string of the molecule is FC1OC1CC(F)(F)F. The van der Waals surface area contributed by atoms with Crippen molar-refractivity contribution in [3.8, 4) is 0 Å². The number of alkyl halides is 4. The highest BCUT2D eigenvalue weighted by molar-refractivity contribution is 4.77. The van der Waals surface area contributed by atoms with E-state index in [1.165, 1.54) is 0 Å². The van der Waals surface area contributed by atoms with Crippen molar-refractivity contribution in [3.63, 3.8) is 0 Å². The summed E-state index contributed by atoms with van der Waals surface area (Å²) in [6.45, 7) is 0. The highest BCUT2D eigenvalue weighted by Crippen LogP contribution is 2.34. The van der Waals surface area contributed by atoms with Crippen molar-refractivity contribution in [3.05, 3.63) is 0 Å². The van der Waals surface area contributed by atoms with Crippen molar-refractivity contribution >= 4 is 0 Å². The van der Waals surface area contributed by atoms with E-state index >= 15 is 0 Å². The molecule has 1 rings (SSSR count). The average molecular weight is 144 g/mol. The summed E-state index contributed by atoms with van der Waals surface area (Å²) in [6, 6.07) is 0. The van der Waals surface area contributed by atoms with E-state index in [0.29, 0.717) is 0 Å². The van der Waals surface area contributed by atoms with Crippen LogP contribution in [0.2, 0.25) is 0 Å². The average Bonchev–Trinajstić information content (AvgIpc) is 2.13. The van der Waals surface area contributed by atoms with Crippen LogP contribution in [0.25, 0.3) is 0 Å². The fourth-order valence-electron chi connectivity index (χ4n) is 0.491. The van der Waals surface area contributed by atoms with Crippen molar-refractivity contribution in [2.75, 3.05) is 0 Å². The Balaban J connectivity index is 2.19. The fraction of sp³-hybridized carbons (Fsp3) is 1.00. The van der Waals surface area contributed by atoms with E-state index < -0.39 is 25.1 Å². The molecule has 0 bridgehead atoms. The third-order valence-electron chi connectivity index (χ3n) is 0.953. The van der Waals surface area contributed by atoms with Crippen molar-refractivity contribution < 1.29 is 22.3 Å². The number of epoxide rings is 1. The predicted octanol–water partition coefficient (Wildman–Crippen LogP) is 1.63. The molecule has 1 aliphatic rings. The molecule has 2 unspecified atom stereocenters. The Labute approximate surface area is 48.6 Å². The van der Waals surface area contributed by atoms with Crippen molar-refractivity contribution in [2.24, 2.45) is 0 Å². The van der Waals surface area contributed by atoms with Crippen LogP contribution in [-0.2, 0) is 4.74 Å². The van der Waals surface area contributed by atoms with Crippen LogP contribution in [0.1, 0.15) is 6.42 Å². The molecule has 54 valence electrons. The summed E-state index contributed by atoms with van der Waals surface area (Å²) in [5, 5.41) is 0.